The molecule has 0 aromatic carbocycles. The Morgan fingerprint density at radius 1 is 0.944 bits per heavy atom. The van der Waals surface area contributed by atoms with Gasteiger partial charge in [0.1, 0.15) is 0 Å². The molecule has 0 spiro atoms. The highest BCUT2D eigenvalue weighted by Crippen LogP contribution is 2.64. The Labute approximate surface area is 108 Å². The molecular formula is C15H18N2O. The second-order valence-electron chi connectivity index (χ2n) is 6.70. The van der Waals surface area contributed by atoms with Gasteiger partial charge >= 0.3 is 0 Å². The van der Waals surface area contributed by atoms with Gasteiger partial charge in [0, 0.05) is 11.8 Å². The third-order valence-corrected chi connectivity index (χ3v) is 4.65. The highest BCUT2D eigenvalue weighted by atomic mass is 16.5. The number of hydrogen-bond acceptors (Lipinski definition) is 3. The monoisotopic (exact) mass is 242 g/mol. The van der Waals surface area contributed by atoms with E-state index in [0.717, 1.165) is 0 Å². The van der Waals surface area contributed by atoms with Crippen molar-refractivity contribution in [2.24, 2.45) is 35.5 Å². The molecule has 3 rings (SSSR count). The maximum Gasteiger partial charge on any atom is 0.0713 e. The van der Waals surface area contributed by atoms with Gasteiger partial charge in [-0.3, -0.25) is 0 Å². The van der Waals surface area contributed by atoms with E-state index in [-0.39, 0.29) is 23.5 Å². The van der Waals surface area contributed by atoms with Crippen LogP contribution in [0.3, 0.4) is 0 Å². The molecule has 4 unspecified atom stereocenters. The van der Waals surface area contributed by atoms with E-state index in [9.17, 15) is 10.5 Å². The molecule has 0 radical (unpaired) electrons. The maximum absolute atomic E-state index is 9.22. The third kappa shape index (κ3) is 1.38. The quantitative estimate of drug-likeness (QED) is 0.664. The van der Waals surface area contributed by atoms with Crippen molar-refractivity contribution in [3.05, 3.63) is 12.2 Å². The fraction of sp³-hybridized carbons (Fsp3) is 0.733. The van der Waals surface area contributed by atoms with Crippen LogP contribution in [-0.2, 0) is 4.74 Å². The lowest BCUT2D eigenvalue weighted by atomic mass is 9.54. The van der Waals surface area contributed by atoms with Crippen LogP contribution in [0.25, 0.3) is 0 Å². The van der Waals surface area contributed by atoms with E-state index in [1.807, 2.05) is 0 Å². The molecule has 2 bridgehead atoms. The van der Waals surface area contributed by atoms with Gasteiger partial charge in [-0.05, 0) is 32.6 Å². The van der Waals surface area contributed by atoms with Gasteiger partial charge in [-0.1, -0.05) is 12.2 Å². The van der Waals surface area contributed by atoms with Crippen LogP contribution in [-0.4, -0.2) is 11.7 Å². The fourth-order valence-corrected chi connectivity index (χ4v) is 4.13. The van der Waals surface area contributed by atoms with Crippen molar-refractivity contribution in [2.45, 2.75) is 32.5 Å². The molecule has 0 amide bonds. The molecule has 0 aromatic rings. The van der Waals surface area contributed by atoms with Crippen LogP contribution >= 0.6 is 0 Å². The van der Waals surface area contributed by atoms with Crippen LogP contribution in [0.2, 0.25) is 0 Å². The molecule has 0 heterocycles. The topological polar surface area (TPSA) is 56.8 Å². The zero-order valence-corrected chi connectivity index (χ0v) is 11.0. The van der Waals surface area contributed by atoms with E-state index in [1.54, 1.807) is 0 Å². The summed E-state index contributed by atoms with van der Waals surface area (Å²) >= 11 is 0. The number of hydrogen-bond donors (Lipinski definition) is 0. The molecule has 3 nitrogen and oxygen atoms in total. The minimum atomic E-state index is -0.165. The first-order chi connectivity index (χ1) is 8.48. The largest absolute Gasteiger partial charge is 0.371 e. The molecular weight excluding hydrogens is 224 g/mol. The number of fused-ring (bicyclic) bond motifs is 5. The molecule has 0 aromatic heterocycles. The lowest BCUT2D eigenvalue weighted by Gasteiger charge is -2.45. The van der Waals surface area contributed by atoms with Crippen LogP contribution in [0.15, 0.2) is 12.2 Å². The zero-order chi connectivity index (χ0) is 13.1. The van der Waals surface area contributed by atoms with Crippen molar-refractivity contribution < 1.29 is 4.74 Å². The van der Waals surface area contributed by atoms with E-state index in [0.29, 0.717) is 23.7 Å². The molecule has 2 fully saturated rings. The first kappa shape index (κ1) is 11.8. The molecule has 0 N–H and O–H groups in total. The van der Waals surface area contributed by atoms with Crippen LogP contribution in [0.4, 0.5) is 0 Å². The molecule has 6 atom stereocenters. The van der Waals surface area contributed by atoms with E-state index in [4.69, 9.17) is 4.74 Å². The van der Waals surface area contributed by atoms with Crippen LogP contribution in [0.5, 0.6) is 0 Å². The van der Waals surface area contributed by atoms with E-state index in [1.165, 1.54) is 0 Å². The number of ether oxygens (including phenoxy) is 1. The third-order valence-electron chi connectivity index (χ3n) is 4.65. The Hall–Kier alpha value is -1.32. The van der Waals surface area contributed by atoms with E-state index < -0.39 is 0 Å². The lowest BCUT2D eigenvalue weighted by Crippen LogP contribution is -2.47. The predicted molar refractivity (Wildman–Crippen MR) is 65.9 cm³/mol. The summed E-state index contributed by atoms with van der Waals surface area (Å²) in [5.74, 6) is 1.20. The van der Waals surface area contributed by atoms with Gasteiger partial charge < -0.3 is 4.74 Å². The van der Waals surface area contributed by atoms with Gasteiger partial charge in [-0.25, -0.2) is 0 Å². The Bertz CT molecular complexity index is 440. The van der Waals surface area contributed by atoms with Crippen molar-refractivity contribution in [3.63, 3.8) is 0 Å². The summed E-state index contributed by atoms with van der Waals surface area (Å²) in [6.07, 6.45) is 4.59. The summed E-state index contributed by atoms with van der Waals surface area (Å²) in [6, 6.07) is 4.66. The second kappa shape index (κ2) is 3.59. The maximum atomic E-state index is 9.22. The molecule has 2 saturated carbocycles. The Balaban J connectivity index is 1.86. The van der Waals surface area contributed by atoms with Crippen LogP contribution < -0.4 is 0 Å². The van der Waals surface area contributed by atoms with Crippen molar-refractivity contribution in [2.75, 3.05) is 0 Å². The average Bonchev–Trinajstić information content (AvgIpc) is 2.70. The standard InChI is InChI=1S/C15H18N2O/c1-15(2,3)18-14-8-4-5-9(14)13-11(7-17)10(6-16)12(8)13/h4-5,8-14H,1-3H3/t8?,9?,10-,11-,12?,13?,14?/m0/s1. The second-order valence-corrected chi connectivity index (χ2v) is 6.70. The first-order valence-corrected chi connectivity index (χ1v) is 6.63. The molecule has 94 valence electrons. The van der Waals surface area contributed by atoms with Gasteiger partial charge in [0.2, 0.25) is 0 Å². The number of nitriles is 2. The number of nitrogens with zero attached hydrogens (tertiary/aromatic N) is 2. The smallest absolute Gasteiger partial charge is 0.0713 e. The Kier molecular flexibility index (Phi) is 2.34. The van der Waals surface area contributed by atoms with Crippen LogP contribution in [0, 0.1) is 58.2 Å². The molecule has 0 saturated heterocycles. The fourth-order valence-electron chi connectivity index (χ4n) is 4.13. The minimum Gasteiger partial charge on any atom is -0.371 e. The molecule has 3 heteroatoms. The molecule has 18 heavy (non-hydrogen) atoms. The average molecular weight is 242 g/mol. The van der Waals surface area contributed by atoms with Crippen molar-refractivity contribution >= 4 is 0 Å². The Morgan fingerprint density at radius 3 is 1.72 bits per heavy atom. The highest BCUT2D eigenvalue weighted by Gasteiger charge is 2.66. The molecule has 0 aliphatic heterocycles. The van der Waals surface area contributed by atoms with E-state index >= 15 is 0 Å². The van der Waals surface area contributed by atoms with Gasteiger partial charge in [0.05, 0.1) is 35.7 Å². The predicted octanol–water partition coefficient (Wildman–Crippen LogP) is 2.51. The summed E-state index contributed by atoms with van der Waals surface area (Å²) in [7, 11) is 0. The summed E-state index contributed by atoms with van der Waals surface area (Å²) in [5.41, 5.74) is -0.165. The van der Waals surface area contributed by atoms with Gasteiger partial charge in [-0.2, -0.15) is 10.5 Å². The summed E-state index contributed by atoms with van der Waals surface area (Å²) in [4.78, 5) is 0. The van der Waals surface area contributed by atoms with Gasteiger partial charge in [0.15, 0.2) is 0 Å². The molecule has 3 aliphatic rings. The summed E-state index contributed by atoms with van der Waals surface area (Å²) in [5, 5.41) is 18.4. The SMILES string of the molecule is CC(C)(C)OC1C2C=CC1C1C2[C@@H](C#N)[C@@H]1C#N. The minimum absolute atomic E-state index is 0.0916. The normalized spacial score (nSPS) is 48.2. The van der Waals surface area contributed by atoms with Crippen LogP contribution in [0.1, 0.15) is 20.8 Å². The van der Waals surface area contributed by atoms with Gasteiger partial charge in [-0.15, -0.1) is 0 Å². The summed E-state index contributed by atoms with van der Waals surface area (Å²) < 4.78 is 6.17. The zero-order valence-electron chi connectivity index (χ0n) is 11.0. The van der Waals surface area contributed by atoms with Gasteiger partial charge in [0.25, 0.3) is 0 Å². The first-order valence-electron chi connectivity index (χ1n) is 6.63. The van der Waals surface area contributed by atoms with Crippen molar-refractivity contribution in [1.29, 1.82) is 10.5 Å². The summed E-state index contributed by atoms with van der Waals surface area (Å²) in [6.45, 7) is 6.20. The van der Waals surface area contributed by atoms with Crippen molar-refractivity contribution in [3.8, 4) is 12.1 Å². The lowest BCUT2D eigenvalue weighted by molar-refractivity contribution is -0.0779. The van der Waals surface area contributed by atoms with Crippen molar-refractivity contribution in [1.82, 2.24) is 0 Å². The Morgan fingerprint density at radius 2 is 1.39 bits per heavy atom. The highest BCUT2D eigenvalue weighted by molar-refractivity contribution is 5.30. The number of rotatable bonds is 1. The molecule has 3 aliphatic carbocycles. The van der Waals surface area contributed by atoms with E-state index in [2.05, 4.69) is 45.1 Å².